The molecule has 0 aliphatic rings. The minimum Gasteiger partial charge on any atom is -0.481 e. The quantitative estimate of drug-likeness (QED) is 0.846. The van der Waals surface area contributed by atoms with Crippen molar-refractivity contribution < 1.29 is 9.90 Å². The largest absolute Gasteiger partial charge is 0.481 e. The van der Waals surface area contributed by atoms with Gasteiger partial charge in [-0.25, -0.2) is 0 Å². The molecule has 0 spiro atoms. The van der Waals surface area contributed by atoms with Gasteiger partial charge in [-0.05, 0) is 25.0 Å². The number of pyridine rings is 1. The Morgan fingerprint density at radius 2 is 2.06 bits per heavy atom. The van der Waals surface area contributed by atoms with Crippen LogP contribution in [-0.2, 0) is 11.2 Å². The minimum atomic E-state index is -0.892. The summed E-state index contributed by atoms with van der Waals surface area (Å²) >= 11 is 0. The first-order chi connectivity index (χ1) is 8.09. The molecule has 1 aromatic carbocycles. The molecule has 0 aliphatic carbocycles. The number of carboxylic acids is 1. The summed E-state index contributed by atoms with van der Waals surface area (Å²) in [6, 6.07) is 7.51. The van der Waals surface area contributed by atoms with Crippen molar-refractivity contribution in [1.29, 1.82) is 0 Å². The molecule has 1 heterocycles. The molecular weight excluding hydrogens is 218 g/mol. The Labute approximate surface area is 97.9 Å². The van der Waals surface area contributed by atoms with Crippen LogP contribution in [0.4, 0.5) is 0 Å². The second kappa shape index (κ2) is 4.41. The Bertz CT molecular complexity index is 628. The number of aromatic amines is 1. The number of aliphatic carboxylic acids is 1. The summed E-state index contributed by atoms with van der Waals surface area (Å²) in [7, 11) is 0. The predicted octanol–water partition coefficient (Wildman–Crippen LogP) is 1.85. The molecule has 4 heteroatoms. The van der Waals surface area contributed by atoms with Crippen molar-refractivity contribution in [2.24, 2.45) is 0 Å². The van der Waals surface area contributed by atoms with E-state index in [1.165, 1.54) is 0 Å². The highest BCUT2D eigenvalue weighted by Gasteiger charge is 2.10. The smallest absolute Gasteiger partial charge is 0.303 e. The second-order valence-electron chi connectivity index (χ2n) is 4.00. The fourth-order valence-corrected chi connectivity index (χ4v) is 1.98. The molecule has 0 atom stereocenters. The monoisotopic (exact) mass is 231 g/mol. The Morgan fingerprint density at radius 3 is 2.76 bits per heavy atom. The summed E-state index contributed by atoms with van der Waals surface area (Å²) in [5.41, 5.74) is 2.02. The van der Waals surface area contributed by atoms with Crippen molar-refractivity contribution in [3.63, 3.8) is 0 Å². The van der Waals surface area contributed by atoms with Gasteiger partial charge in [0.1, 0.15) is 0 Å². The lowest BCUT2D eigenvalue weighted by molar-refractivity contribution is -0.136. The summed E-state index contributed by atoms with van der Waals surface area (Å²) in [4.78, 5) is 25.1. The Hall–Kier alpha value is -2.10. The molecule has 2 rings (SSSR count). The van der Waals surface area contributed by atoms with Gasteiger partial charge in [-0.3, -0.25) is 9.59 Å². The molecular formula is C13H13NO3. The fraction of sp³-hybridized carbons (Fsp3) is 0.231. The number of benzene rings is 1. The molecule has 0 bridgehead atoms. The molecule has 1 aromatic heterocycles. The van der Waals surface area contributed by atoms with E-state index in [1.807, 2.05) is 31.2 Å². The maximum absolute atomic E-state index is 11.8. The molecule has 2 N–H and O–H groups in total. The number of fused-ring (bicyclic) bond motifs is 1. The molecule has 0 saturated carbocycles. The van der Waals surface area contributed by atoms with Crippen LogP contribution in [0, 0.1) is 6.92 Å². The van der Waals surface area contributed by atoms with Crippen molar-refractivity contribution in [3.8, 4) is 0 Å². The number of aromatic nitrogens is 1. The van der Waals surface area contributed by atoms with Crippen LogP contribution in [0.5, 0.6) is 0 Å². The van der Waals surface area contributed by atoms with Crippen LogP contribution < -0.4 is 5.56 Å². The summed E-state index contributed by atoms with van der Waals surface area (Å²) in [5.74, 6) is -0.892. The van der Waals surface area contributed by atoms with E-state index in [0.717, 1.165) is 16.5 Å². The maximum Gasteiger partial charge on any atom is 0.303 e. The van der Waals surface area contributed by atoms with Gasteiger partial charge in [0.05, 0.1) is 0 Å². The van der Waals surface area contributed by atoms with Crippen molar-refractivity contribution in [2.75, 3.05) is 0 Å². The molecule has 4 nitrogen and oxygen atoms in total. The highest BCUT2D eigenvalue weighted by Crippen LogP contribution is 2.17. The van der Waals surface area contributed by atoms with Crippen LogP contribution in [0.25, 0.3) is 10.9 Å². The maximum atomic E-state index is 11.8. The Kier molecular flexibility index (Phi) is 2.95. The first-order valence-electron chi connectivity index (χ1n) is 5.42. The Balaban J connectivity index is 2.56. The predicted molar refractivity (Wildman–Crippen MR) is 65.3 cm³/mol. The lowest BCUT2D eigenvalue weighted by Crippen LogP contribution is -2.16. The molecule has 0 fully saturated rings. The SMILES string of the molecule is Cc1c(CCC(=O)O)c(=O)[nH]c2ccccc12. The molecule has 17 heavy (non-hydrogen) atoms. The van der Waals surface area contributed by atoms with Crippen LogP contribution in [-0.4, -0.2) is 16.1 Å². The van der Waals surface area contributed by atoms with Gasteiger partial charge in [0.25, 0.3) is 5.56 Å². The average Bonchev–Trinajstić information content (AvgIpc) is 2.28. The van der Waals surface area contributed by atoms with Crippen LogP contribution in [0.1, 0.15) is 17.5 Å². The lowest BCUT2D eigenvalue weighted by Gasteiger charge is -2.07. The zero-order valence-corrected chi connectivity index (χ0v) is 9.49. The topological polar surface area (TPSA) is 70.2 Å². The van der Waals surface area contributed by atoms with E-state index in [9.17, 15) is 9.59 Å². The van der Waals surface area contributed by atoms with Gasteiger partial charge in [0, 0.05) is 22.9 Å². The normalized spacial score (nSPS) is 10.6. The number of hydrogen-bond donors (Lipinski definition) is 2. The van der Waals surface area contributed by atoms with E-state index in [-0.39, 0.29) is 18.4 Å². The fourth-order valence-electron chi connectivity index (χ4n) is 1.98. The van der Waals surface area contributed by atoms with Crippen molar-refractivity contribution in [2.45, 2.75) is 19.8 Å². The van der Waals surface area contributed by atoms with E-state index in [4.69, 9.17) is 5.11 Å². The van der Waals surface area contributed by atoms with Crippen molar-refractivity contribution in [3.05, 3.63) is 45.7 Å². The molecule has 0 unspecified atom stereocenters. The molecule has 2 aromatic rings. The van der Waals surface area contributed by atoms with Gasteiger partial charge in [-0.1, -0.05) is 18.2 Å². The Morgan fingerprint density at radius 1 is 1.35 bits per heavy atom. The van der Waals surface area contributed by atoms with Crippen LogP contribution in [0.2, 0.25) is 0 Å². The molecule has 0 radical (unpaired) electrons. The number of carboxylic acid groups (broad SMARTS) is 1. The molecule has 0 saturated heterocycles. The zero-order valence-electron chi connectivity index (χ0n) is 9.49. The van der Waals surface area contributed by atoms with Gasteiger partial charge >= 0.3 is 5.97 Å². The van der Waals surface area contributed by atoms with Gasteiger partial charge in [-0.2, -0.15) is 0 Å². The summed E-state index contributed by atoms with van der Waals surface area (Å²) in [5, 5.41) is 9.62. The highest BCUT2D eigenvalue weighted by atomic mass is 16.4. The molecule has 88 valence electrons. The van der Waals surface area contributed by atoms with E-state index < -0.39 is 5.97 Å². The van der Waals surface area contributed by atoms with E-state index >= 15 is 0 Å². The lowest BCUT2D eigenvalue weighted by atomic mass is 10.0. The zero-order chi connectivity index (χ0) is 12.4. The van der Waals surface area contributed by atoms with Crippen LogP contribution >= 0.6 is 0 Å². The molecule has 0 aliphatic heterocycles. The molecule has 0 amide bonds. The average molecular weight is 231 g/mol. The van der Waals surface area contributed by atoms with E-state index in [1.54, 1.807) is 0 Å². The first kappa shape index (κ1) is 11.4. The number of carbonyl (C=O) groups is 1. The van der Waals surface area contributed by atoms with Crippen molar-refractivity contribution >= 4 is 16.9 Å². The van der Waals surface area contributed by atoms with Gasteiger partial charge in [-0.15, -0.1) is 0 Å². The number of hydrogen-bond acceptors (Lipinski definition) is 2. The van der Waals surface area contributed by atoms with Crippen molar-refractivity contribution in [1.82, 2.24) is 4.98 Å². The number of rotatable bonds is 3. The van der Waals surface area contributed by atoms with Crippen LogP contribution in [0.15, 0.2) is 29.1 Å². The van der Waals surface area contributed by atoms with E-state index in [0.29, 0.717) is 5.56 Å². The number of aryl methyl sites for hydroxylation is 1. The van der Waals surface area contributed by atoms with Gasteiger partial charge in [0.15, 0.2) is 0 Å². The third kappa shape index (κ3) is 2.20. The minimum absolute atomic E-state index is 0.0255. The summed E-state index contributed by atoms with van der Waals surface area (Å²) in [6.45, 7) is 1.86. The van der Waals surface area contributed by atoms with Gasteiger partial charge < -0.3 is 10.1 Å². The van der Waals surface area contributed by atoms with Gasteiger partial charge in [0.2, 0.25) is 0 Å². The highest BCUT2D eigenvalue weighted by molar-refractivity contribution is 5.82. The number of nitrogens with one attached hydrogen (secondary N) is 1. The van der Waals surface area contributed by atoms with Crippen LogP contribution in [0.3, 0.4) is 0 Å². The number of para-hydroxylation sites is 1. The third-order valence-electron chi connectivity index (χ3n) is 2.89. The first-order valence-corrected chi connectivity index (χ1v) is 5.42. The third-order valence-corrected chi connectivity index (χ3v) is 2.89. The van der Waals surface area contributed by atoms with E-state index in [2.05, 4.69) is 4.98 Å². The summed E-state index contributed by atoms with van der Waals surface area (Å²) < 4.78 is 0. The summed E-state index contributed by atoms with van der Waals surface area (Å²) in [6.07, 6.45) is 0.240. The number of H-pyrrole nitrogens is 1. The second-order valence-corrected chi connectivity index (χ2v) is 4.00. The standard InChI is InChI=1S/C13H13NO3/c1-8-9-4-2-3-5-11(9)14-13(17)10(8)6-7-12(15)16/h2-5H,6-7H2,1H3,(H,14,17)(H,15,16).